The molecule has 1 aliphatic rings. The SMILES string of the molecule is CNC(=O)C1CCCCN(S(=O)(=O)c2c(C)cc(C)cc2C)CCC[C@H](C(=O)NO)C(CC(C)C)C(=O)N1. The zero-order chi connectivity index (χ0) is 28.6. The minimum atomic E-state index is -3.84. The summed E-state index contributed by atoms with van der Waals surface area (Å²) in [5.74, 6) is -3.08. The van der Waals surface area contributed by atoms with Crippen molar-refractivity contribution in [2.75, 3.05) is 20.1 Å². The summed E-state index contributed by atoms with van der Waals surface area (Å²) in [6.07, 6.45) is 2.23. The summed E-state index contributed by atoms with van der Waals surface area (Å²) >= 11 is 0. The zero-order valence-electron chi connectivity index (χ0n) is 23.5. The third-order valence-electron chi connectivity index (χ3n) is 7.15. The summed E-state index contributed by atoms with van der Waals surface area (Å²) in [6, 6.07) is 2.89. The van der Waals surface area contributed by atoms with Gasteiger partial charge >= 0.3 is 0 Å². The van der Waals surface area contributed by atoms with Crippen molar-refractivity contribution in [1.29, 1.82) is 0 Å². The molecular formula is C27H44N4O6S. The maximum Gasteiger partial charge on any atom is 0.247 e. The molecule has 38 heavy (non-hydrogen) atoms. The van der Waals surface area contributed by atoms with E-state index < -0.39 is 39.7 Å². The van der Waals surface area contributed by atoms with Crippen molar-refractivity contribution < 1.29 is 28.0 Å². The predicted octanol–water partition coefficient (Wildman–Crippen LogP) is 2.58. The smallest absolute Gasteiger partial charge is 0.247 e. The van der Waals surface area contributed by atoms with Crippen molar-refractivity contribution in [2.45, 2.75) is 84.1 Å². The first kappa shape index (κ1) is 31.7. The molecule has 3 atom stereocenters. The van der Waals surface area contributed by atoms with Crippen LogP contribution in [0.25, 0.3) is 0 Å². The molecular weight excluding hydrogens is 508 g/mol. The van der Waals surface area contributed by atoms with E-state index in [0.29, 0.717) is 43.2 Å². The Hall–Kier alpha value is -2.50. The summed E-state index contributed by atoms with van der Waals surface area (Å²) in [7, 11) is -2.35. The van der Waals surface area contributed by atoms with Crippen molar-refractivity contribution in [2.24, 2.45) is 17.8 Å². The fourth-order valence-electron chi connectivity index (χ4n) is 5.46. The van der Waals surface area contributed by atoms with E-state index in [2.05, 4.69) is 10.6 Å². The van der Waals surface area contributed by atoms with Crippen LogP contribution in [0.15, 0.2) is 17.0 Å². The van der Waals surface area contributed by atoms with Crippen molar-refractivity contribution >= 4 is 27.7 Å². The van der Waals surface area contributed by atoms with Crippen LogP contribution in [0.3, 0.4) is 0 Å². The Labute approximate surface area is 226 Å². The largest absolute Gasteiger partial charge is 0.357 e. The molecule has 1 fully saturated rings. The van der Waals surface area contributed by atoms with E-state index in [1.807, 2.05) is 32.9 Å². The third-order valence-corrected chi connectivity index (χ3v) is 9.35. The average Bonchev–Trinajstić information content (AvgIpc) is 2.84. The lowest BCUT2D eigenvalue weighted by Gasteiger charge is -2.28. The number of hydrogen-bond donors (Lipinski definition) is 4. The van der Waals surface area contributed by atoms with Gasteiger partial charge < -0.3 is 10.6 Å². The molecule has 0 saturated carbocycles. The number of carbonyl (C=O) groups is 3. The summed E-state index contributed by atoms with van der Waals surface area (Å²) < 4.78 is 29.2. The van der Waals surface area contributed by atoms with Crippen LogP contribution >= 0.6 is 0 Å². The van der Waals surface area contributed by atoms with Gasteiger partial charge in [-0.2, -0.15) is 4.31 Å². The summed E-state index contributed by atoms with van der Waals surface area (Å²) in [5.41, 5.74) is 4.02. The van der Waals surface area contributed by atoms with Gasteiger partial charge in [-0.1, -0.05) is 31.5 Å². The standard InChI is InChI=1S/C27H44N4O6S/c1-17(2)14-22-21(26(33)30-35)10-9-13-31(12-8-7-11-23(27(34)28-6)29-25(22)32)38(36,37)24-19(4)15-18(3)16-20(24)5/h15-17,21-23,35H,7-14H2,1-6H3,(H,28,34)(H,29,32)(H,30,33)/t21-,22?,23?/m0/s1. The maximum atomic E-state index is 13.9. The van der Waals surface area contributed by atoms with Crippen molar-refractivity contribution in [3.05, 3.63) is 28.8 Å². The van der Waals surface area contributed by atoms with Gasteiger partial charge in [0, 0.05) is 26.1 Å². The minimum Gasteiger partial charge on any atom is -0.357 e. The molecule has 1 saturated heterocycles. The Balaban J connectivity index is 2.49. The van der Waals surface area contributed by atoms with Gasteiger partial charge in [-0.15, -0.1) is 0 Å². The fourth-order valence-corrected chi connectivity index (χ4v) is 7.39. The van der Waals surface area contributed by atoms with Gasteiger partial charge in [-0.25, -0.2) is 13.9 Å². The molecule has 214 valence electrons. The van der Waals surface area contributed by atoms with Gasteiger partial charge in [0.1, 0.15) is 6.04 Å². The van der Waals surface area contributed by atoms with Crippen molar-refractivity contribution in [1.82, 2.24) is 20.4 Å². The van der Waals surface area contributed by atoms with Gasteiger partial charge in [-0.05, 0) is 76.3 Å². The molecule has 2 rings (SSSR count). The van der Waals surface area contributed by atoms with Crippen LogP contribution in [-0.4, -0.2) is 61.8 Å². The van der Waals surface area contributed by atoms with E-state index in [9.17, 15) is 28.0 Å². The second-order valence-corrected chi connectivity index (χ2v) is 12.6. The number of carbonyl (C=O) groups excluding carboxylic acids is 3. The van der Waals surface area contributed by atoms with Gasteiger partial charge in [0.05, 0.1) is 10.8 Å². The average molecular weight is 553 g/mol. The first-order valence-corrected chi connectivity index (χ1v) is 14.8. The van der Waals surface area contributed by atoms with E-state index in [0.717, 1.165) is 5.56 Å². The lowest BCUT2D eigenvalue weighted by atomic mass is 9.81. The number of nitrogens with one attached hydrogen (secondary N) is 3. The van der Waals surface area contributed by atoms with Gasteiger partial charge in [0.15, 0.2) is 0 Å². The van der Waals surface area contributed by atoms with Crippen molar-refractivity contribution in [3.8, 4) is 0 Å². The Bertz CT molecular complexity index is 1080. The van der Waals surface area contributed by atoms with E-state index in [-0.39, 0.29) is 36.2 Å². The summed E-state index contributed by atoms with van der Waals surface area (Å²) in [6.45, 7) is 9.77. The lowest BCUT2D eigenvalue weighted by molar-refractivity contribution is -0.142. The normalized spacial score (nSPS) is 22.5. The molecule has 11 heteroatoms. The van der Waals surface area contributed by atoms with E-state index in [1.54, 1.807) is 19.3 Å². The van der Waals surface area contributed by atoms with E-state index in [4.69, 9.17) is 0 Å². The molecule has 2 unspecified atom stereocenters. The Morgan fingerprint density at radius 3 is 2.21 bits per heavy atom. The highest BCUT2D eigenvalue weighted by molar-refractivity contribution is 7.89. The van der Waals surface area contributed by atoms with E-state index in [1.165, 1.54) is 11.4 Å². The van der Waals surface area contributed by atoms with Crippen LogP contribution in [-0.2, 0) is 24.4 Å². The molecule has 1 aromatic carbocycles. The van der Waals surface area contributed by atoms with E-state index >= 15 is 0 Å². The number of benzene rings is 1. The van der Waals surface area contributed by atoms with Gasteiger partial charge in [-0.3, -0.25) is 19.6 Å². The lowest BCUT2D eigenvalue weighted by Crippen LogP contribution is -2.50. The first-order valence-electron chi connectivity index (χ1n) is 13.4. The number of likely N-dealkylation sites (N-methyl/N-ethyl adjacent to an activating group) is 1. The molecule has 4 N–H and O–H groups in total. The number of hydrogen-bond acceptors (Lipinski definition) is 6. The number of sulfonamides is 1. The second-order valence-electron chi connectivity index (χ2n) is 10.8. The van der Waals surface area contributed by atoms with Crippen LogP contribution < -0.4 is 16.1 Å². The minimum absolute atomic E-state index is 0.0678. The molecule has 0 spiro atoms. The monoisotopic (exact) mass is 552 g/mol. The zero-order valence-corrected chi connectivity index (χ0v) is 24.3. The van der Waals surface area contributed by atoms with Crippen LogP contribution in [0.4, 0.5) is 0 Å². The van der Waals surface area contributed by atoms with Crippen LogP contribution in [0, 0.1) is 38.5 Å². The highest BCUT2D eigenvalue weighted by Crippen LogP contribution is 2.29. The quantitative estimate of drug-likeness (QED) is 0.315. The van der Waals surface area contributed by atoms with Crippen LogP contribution in [0.1, 0.15) is 69.1 Å². The third kappa shape index (κ3) is 8.00. The van der Waals surface area contributed by atoms with Crippen LogP contribution in [0.2, 0.25) is 0 Å². The maximum absolute atomic E-state index is 13.9. The molecule has 3 amide bonds. The van der Waals surface area contributed by atoms with Crippen molar-refractivity contribution in [3.63, 3.8) is 0 Å². The number of rotatable bonds is 6. The number of nitrogens with zero attached hydrogens (tertiary/aromatic N) is 1. The van der Waals surface area contributed by atoms with Gasteiger partial charge in [0.25, 0.3) is 0 Å². The molecule has 10 nitrogen and oxygen atoms in total. The predicted molar refractivity (Wildman–Crippen MR) is 145 cm³/mol. The highest BCUT2D eigenvalue weighted by atomic mass is 32.2. The Morgan fingerprint density at radius 2 is 1.66 bits per heavy atom. The Morgan fingerprint density at radius 1 is 1.05 bits per heavy atom. The molecule has 1 heterocycles. The first-order chi connectivity index (χ1) is 17.8. The summed E-state index contributed by atoms with van der Waals surface area (Å²) in [4.78, 5) is 38.9. The molecule has 0 aliphatic carbocycles. The molecule has 0 bridgehead atoms. The highest BCUT2D eigenvalue weighted by Gasteiger charge is 2.36. The van der Waals surface area contributed by atoms with Gasteiger partial charge in [0.2, 0.25) is 27.7 Å². The summed E-state index contributed by atoms with van der Waals surface area (Å²) in [5, 5.41) is 14.8. The number of amides is 3. The molecule has 0 radical (unpaired) electrons. The molecule has 1 aliphatic heterocycles. The number of aryl methyl sites for hydroxylation is 3. The fraction of sp³-hybridized carbons (Fsp3) is 0.667. The molecule has 0 aromatic heterocycles. The Kier molecular flexibility index (Phi) is 11.7. The number of hydroxylamine groups is 1. The topological polar surface area (TPSA) is 145 Å². The molecule has 1 aromatic rings. The van der Waals surface area contributed by atoms with Crippen LogP contribution in [0.5, 0.6) is 0 Å². The second kappa shape index (κ2) is 14.0.